The number of nitrogens with zero attached hydrogens (tertiary/aromatic N) is 4. The third kappa shape index (κ3) is 8.41. The van der Waals surface area contributed by atoms with Crippen LogP contribution in [0.3, 0.4) is 0 Å². The predicted molar refractivity (Wildman–Crippen MR) is 183 cm³/mol. The van der Waals surface area contributed by atoms with E-state index in [1.807, 2.05) is 72.3 Å². The molecule has 6 rings (SSSR count). The highest BCUT2D eigenvalue weighted by molar-refractivity contribution is 6.07. The van der Waals surface area contributed by atoms with Crippen LogP contribution in [0.1, 0.15) is 80.5 Å². The molecule has 0 aliphatic heterocycles. The fraction of sp³-hybridized carbons (Fsp3) is 0.389. The molecule has 4 aromatic rings. The molecule has 2 aliphatic rings. The van der Waals surface area contributed by atoms with E-state index in [9.17, 15) is 4.79 Å². The number of carbonyl (C=O) groups is 1. The van der Waals surface area contributed by atoms with Crippen LogP contribution in [0, 0.1) is 11.3 Å². The summed E-state index contributed by atoms with van der Waals surface area (Å²) in [7, 11) is 3.49. The third-order valence-electron chi connectivity index (χ3n) is 8.54. The van der Waals surface area contributed by atoms with Crippen molar-refractivity contribution >= 4 is 34.7 Å². The predicted octanol–water partition coefficient (Wildman–Crippen LogP) is 7.50. The van der Waals surface area contributed by atoms with Crippen LogP contribution in [-0.4, -0.2) is 40.2 Å². The summed E-state index contributed by atoms with van der Waals surface area (Å²) in [5, 5.41) is 10.7. The van der Waals surface area contributed by atoms with Gasteiger partial charge < -0.3 is 21.0 Å². The summed E-state index contributed by atoms with van der Waals surface area (Å²) in [4.78, 5) is 24.7. The number of benzene rings is 2. The highest BCUT2D eigenvalue weighted by atomic mass is 16.2. The lowest BCUT2D eigenvalue weighted by molar-refractivity contribution is 0.0986. The number of anilines is 2. The second-order valence-electron chi connectivity index (χ2n) is 11.4. The Kier molecular flexibility index (Phi) is 11.8. The largest absolute Gasteiger partial charge is 0.378 e. The molecule has 0 radical (unpaired) electrons. The summed E-state index contributed by atoms with van der Waals surface area (Å²) >= 11 is 0. The van der Waals surface area contributed by atoms with E-state index in [0.717, 1.165) is 40.4 Å². The van der Waals surface area contributed by atoms with Crippen LogP contribution in [0.5, 0.6) is 0 Å². The highest BCUT2D eigenvalue weighted by Gasteiger charge is 2.22. The minimum absolute atomic E-state index is 0.0687. The van der Waals surface area contributed by atoms with Crippen LogP contribution >= 0.6 is 0 Å². The van der Waals surface area contributed by atoms with Crippen molar-refractivity contribution in [1.82, 2.24) is 14.5 Å². The van der Waals surface area contributed by atoms with Crippen LogP contribution in [0.4, 0.5) is 11.5 Å². The smallest absolute Gasteiger partial charge is 0.259 e. The molecule has 2 aromatic carbocycles. The Morgan fingerprint density at radius 1 is 1.11 bits per heavy atom. The van der Waals surface area contributed by atoms with Crippen LogP contribution in [0.2, 0.25) is 0 Å². The molecule has 4 N–H and O–H groups in total. The second-order valence-corrected chi connectivity index (χ2v) is 11.4. The lowest BCUT2D eigenvalue weighted by Gasteiger charge is -2.22. The first-order chi connectivity index (χ1) is 21.5. The summed E-state index contributed by atoms with van der Waals surface area (Å²) in [5.41, 5.74) is 11.6. The van der Waals surface area contributed by atoms with Crippen molar-refractivity contribution in [1.29, 1.82) is 5.41 Å². The fourth-order valence-corrected chi connectivity index (χ4v) is 5.26. The number of fused-ring (bicyclic) bond motifs is 1. The van der Waals surface area contributed by atoms with Crippen LogP contribution in [0.25, 0.3) is 11.0 Å². The molecule has 2 saturated carbocycles. The fourth-order valence-electron chi connectivity index (χ4n) is 5.26. The Balaban J connectivity index is 0.000000487. The van der Waals surface area contributed by atoms with Gasteiger partial charge in [-0.15, -0.1) is 0 Å². The molecular weight excluding hydrogens is 546 g/mol. The molecule has 1 amide bonds. The maximum absolute atomic E-state index is 13.6. The van der Waals surface area contributed by atoms with Crippen molar-refractivity contribution in [2.75, 3.05) is 23.8 Å². The molecule has 2 heterocycles. The molecule has 0 atom stereocenters. The van der Waals surface area contributed by atoms with Crippen LogP contribution in [-0.2, 0) is 13.6 Å². The minimum atomic E-state index is -0.0687. The van der Waals surface area contributed by atoms with Gasteiger partial charge in [-0.05, 0) is 87.2 Å². The van der Waals surface area contributed by atoms with Gasteiger partial charge in [-0.1, -0.05) is 62.0 Å². The Bertz CT molecular complexity index is 1540. The summed E-state index contributed by atoms with van der Waals surface area (Å²) in [6, 6.07) is 19.1. The number of amides is 1. The Morgan fingerprint density at radius 3 is 2.43 bits per heavy atom. The van der Waals surface area contributed by atoms with Gasteiger partial charge in [0, 0.05) is 37.3 Å². The van der Waals surface area contributed by atoms with E-state index in [4.69, 9.17) is 10.4 Å². The first-order valence-electron chi connectivity index (χ1n) is 15.7. The van der Waals surface area contributed by atoms with E-state index in [2.05, 4.69) is 29.9 Å². The van der Waals surface area contributed by atoms with Crippen molar-refractivity contribution in [2.24, 2.45) is 18.7 Å². The first kappa shape index (κ1) is 32.6. The monoisotopic (exact) mass is 593 g/mol. The number of aromatic nitrogens is 3. The number of nitrogens with two attached hydrogens (primary N) is 1. The van der Waals surface area contributed by atoms with Crippen molar-refractivity contribution in [3.63, 3.8) is 0 Å². The summed E-state index contributed by atoms with van der Waals surface area (Å²) in [6.07, 6.45) is 12.2. The summed E-state index contributed by atoms with van der Waals surface area (Å²) in [6.45, 7) is 5.59. The molecule has 232 valence electrons. The van der Waals surface area contributed by atoms with Gasteiger partial charge in [-0.3, -0.25) is 9.69 Å². The normalized spacial score (nSPS) is 13.5. The van der Waals surface area contributed by atoms with Gasteiger partial charge in [-0.2, -0.15) is 0 Å². The number of allylic oxidation sites excluding steroid dienone is 1. The number of hydrogen-bond donors (Lipinski definition) is 3. The zero-order valence-electron chi connectivity index (χ0n) is 26.6. The van der Waals surface area contributed by atoms with Crippen molar-refractivity contribution in [3.8, 4) is 0 Å². The summed E-state index contributed by atoms with van der Waals surface area (Å²) < 4.78 is 2.05. The van der Waals surface area contributed by atoms with E-state index in [1.165, 1.54) is 62.9 Å². The maximum Gasteiger partial charge on any atom is 0.259 e. The maximum atomic E-state index is 13.6. The summed E-state index contributed by atoms with van der Waals surface area (Å²) in [5.74, 6) is 2.58. The van der Waals surface area contributed by atoms with E-state index < -0.39 is 0 Å². The van der Waals surface area contributed by atoms with Gasteiger partial charge in [0.1, 0.15) is 11.6 Å². The molecule has 2 aliphatic carbocycles. The van der Waals surface area contributed by atoms with Gasteiger partial charge in [0.25, 0.3) is 5.91 Å². The zero-order valence-corrected chi connectivity index (χ0v) is 26.6. The zero-order chi connectivity index (χ0) is 31.5. The lowest BCUT2D eigenvalue weighted by atomic mass is 9.84. The molecule has 2 aromatic heterocycles. The molecule has 8 nitrogen and oxygen atoms in total. The van der Waals surface area contributed by atoms with Gasteiger partial charge >= 0.3 is 0 Å². The average molecular weight is 594 g/mol. The number of nitrogens with one attached hydrogen (secondary N) is 2. The van der Waals surface area contributed by atoms with Crippen LogP contribution < -0.4 is 16.0 Å². The molecule has 0 saturated heterocycles. The molecule has 44 heavy (non-hydrogen) atoms. The second kappa shape index (κ2) is 16.0. The van der Waals surface area contributed by atoms with E-state index in [1.54, 1.807) is 11.1 Å². The number of rotatable bonds is 10. The standard InChI is InChI=1S/C29H30N6O.C6H12.CH5N/c1-20(22-8-9-22)14-16-35(27-5-3-4-15-31-27)29(36)23-10-13-26-25(17-23)33-28(34(26)2)19-32-24-11-6-21(18-30)7-12-24;1-2-6-4-3-5-6;1-2/h3-7,10-13,15,17-18,30,32H,8-9,14,16,19H2,1-2H3;6H,2-5H2,1H3;2H2,1H3. The topological polar surface area (TPSA) is 113 Å². The molecule has 2 fully saturated rings. The first-order valence-corrected chi connectivity index (χ1v) is 15.7. The molecule has 8 heteroatoms. The molecular formula is C36H47N7O. The number of hydrogen-bond acceptors (Lipinski definition) is 6. The quantitative estimate of drug-likeness (QED) is 0.130. The van der Waals surface area contributed by atoms with E-state index in [-0.39, 0.29) is 5.91 Å². The third-order valence-corrected chi connectivity index (χ3v) is 8.54. The Morgan fingerprint density at radius 2 is 1.86 bits per heavy atom. The van der Waals surface area contributed by atoms with Crippen molar-refractivity contribution in [3.05, 3.63) is 95.0 Å². The number of carbonyl (C=O) groups excluding carboxylic acids is 1. The van der Waals surface area contributed by atoms with Crippen LogP contribution in [0.15, 0.2) is 78.0 Å². The number of aryl methyl sites for hydroxylation is 1. The molecule has 0 bridgehead atoms. The minimum Gasteiger partial charge on any atom is -0.378 e. The number of pyridine rings is 1. The Hall–Kier alpha value is -4.30. The average Bonchev–Trinajstić information content (AvgIpc) is 3.85. The van der Waals surface area contributed by atoms with Crippen molar-refractivity contribution < 1.29 is 4.79 Å². The highest BCUT2D eigenvalue weighted by Crippen LogP contribution is 2.33. The SMILES string of the molecule is CC(CCN(C(=O)c1ccc2c(c1)nc(CNc1ccc(C=N)cc1)n2C)c1ccccn1)=C1CC1.CCC1CCC1.CN. The lowest BCUT2D eigenvalue weighted by Crippen LogP contribution is -2.32. The van der Waals surface area contributed by atoms with Crippen molar-refractivity contribution in [2.45, 2.75) is 65.3 Å². The van der Waals surface area contributed by atoms with E-state index in [0.29, 0.717) is 24.5 Å². The van der Waals surface area contributed by atoms with Gasteiger partial charge in [0.2, 0.25) is 0 Å². The Labute approximate surface area is 261 Å². The van der Waals surface area contributed by atoms with E-state index >= 15 is 0 Å². The van der Waals surface area contributed by atoms with Gasteiger partial charge in [0.05, 0.1) is 17.6 Å². The molecule has 0 spiro atoms. The van der Waals surface area contributed by atoms with Gasteiger partial charge in [-0.25, -0.2) is 9.97 Å². The molecule has 0 unspecified atom stereocenters. The number of imidazole rings is 1. The van der Waals surface area contributed by atoms with Gasteiger partial charge in [0.15, 0.2) is 0 Å².